The van der Waals surface area contributed by atoms with E-state index in [1.165, 1.54) is 10.6 Å². The summed E-state index contributed by atoms with van der Waals surface area (Å²) < 4.78 is 1.42. The van der Waals surface area contributed by atoms with Gasteiger partial charge in [-0.15, -0.1) is 0 Å². The molecule has 0 saturated heterocycles. The first-order valence-corrected chi connectivity index (χ1v) is 6.91. The van der Waals surface area contributed by atoms with Crippen molar-refractivity contribution in [2.75, 3.05) is 5.32 Å². The second kappa shape index (κ2) is 5.95. The van der Waals surface area contributed by atoms with Crippen LogP contribution in [-0.2, 0) is 11.3 Å². The monoisotopic (exact) mass is 284 g/mol. The molecule has 1 heterocycles. The third-order valence-electron chi connectivity index (χ3n) is 3.39. The third-order valence-corrected chi connectivity index (χ3v) is 3.39. The Balaban J connectivity index is 2.19. The van der Waals surface area contributed by atoms with E-state index in [-0.39, 0.29) is 18.0 Å². The van der Waals surface area contributed by atoms with Gasteiger partial charge in [-0.1, -0.05) is 23.8 Å². The molecular formula is C17H20N2O2. The lowest BCUT2D eigenvalue weighted by Gasteiger charge is -2.13. The number of carbonyl (C=O) groups is 1. The Morgan fingerprint density at radius 2 is 1.67 bits per heavy atom. The molecular weight excluding hydrogens is 264 g/mol. The van der Waals surface area contributed by atoms with Crippen molar-refractivity contribution in [1.82, 2.24) is 4.57 Å². The van der Waals surface area contributed by atoms with Gasteiger partial charge in [0.2, 0.25) is 5.91 Å². The van der Waals surface area contributed by atoms with E-state index in [0.29, 0.717) is 0 Å². The number of anilines is 1. The molecule has 0 saturated carbocycles. The maximum absolute atomic E-state index is 12.2. The molecule has 0 aliphatic heterocycles. The van der Waals surface area contributed by atoms with E-state index < -0.39 is 0 Å². The summed E-state index contributed by atoms with van der Waals surface area (Å²) >= 11 is 0. The van der Waals surface area contributed by atoms with Gasteiger partial charge in [0.1, 0.15) is 6.54 Å². The summed E-state index contributed by atoms with van der Waals surface area (Å²) in [4.78, 5) is 23.9. The summed E-state index contributed by atoms with van der Waals surface area (Å²) in [6.07, 6.45) is 1.69. The highest BCUT2D eigenvalue weighted by molar-refractivity contribution is 5.92. The average molecular weight is 284 g/mol. The lowest BCUT2D eigenvalue weighted by molar-refractivity contribution is -0.116. The standard InChI is InChI=1S/C17H20N2O2/c1-11-5-6-16(21)19(9-11)10-15(20)18-17-13(3)7-12(2)8-14(17)4/h5-9H,10H2,1-4H3,(H,18,20). The lowest BCUT2D eigenvalue weighted by atomic mass is 10.1. The second-order valence-electron chi connectivity index (χ2n) is 5.49. The molecule has 1 aromatic heterocycles. The van der Waals surface area contributed by atoms with Crippen molar-refractivity contribution in [3.8, 4) is 0 Å². The highest BCUT2D eigenvalue weighted by Crippen LogP contribution is 2.21. The number of nitrogens with zero attached hydrogens (tertiary/aromatic N) is 1. The second-order valence-corrected chi connectivity index (χ2v) is 5.49. The Bertz CT molecular complexity index is 722. The summed E-state index contributed by atoms with van der Waals surface area (Å²) in [5.74, 6) is -0.197. The van der Waals surface area contributed by atoms with Crippen LogP contribution in [0, 0.1) is 27.7 Å². The van der Waals surface area contributed by atoms with Crippen LogP contribution >= 0.6 is 0 Å². The number of amides is 1. The van der Waals surface area contributed by atoms with E-state index in [1.54, 1.807) is 12.3 Å². The minimum absolute atomic E-state index is 0.0211. The molecule has 0 atom stereocenters. The number of pyridine rings is 1. The van der Waals surface area contributed by atoms with Crippen molar-refractivity contribution in [3.05, 3.63) is 63.1 Å². The molecule has 21 heavy (non-hydrogen) atoms. The van der Waals surface area contributed by atoms with Gasteiger partial charge in [0.15, 0.2) is 0 Å². The van der Waals surface area contributed by atoms with Crippen LogP contribution < -0.4 is 10.9 Å². The first-order chi connectivity index (χ1) is 9.86. The quantitative estimate of drug-likeness (QED) is 0.942. The molecule has 2 rings (SSSR count). The SMILES string of the molecule is Cc1cc(C)c(NC(=O)Cn2cc(C)ccc2=O)c(C)c1. The number of hydrogen-bond donors (Lipinski definition) is 1. The zero-order valence-corrected chi connectivity index (χ0v) is 12.9. The van der Waals surface area contributed by atoms with Gasteiger partial charge in [0.05, 0.1) is 0 Å². The first-order valence-electron chi connectivity index (χ1n) is 6.91. The summed E-state index contributed by atoms with van der Waals surface area (Å²) in [6.45, 7) is 7.87. The molecule has 1 aromatic carbocycles. The Hall–Kier alpha value is -2.36. The van der Waals surface area contributed by atoms with Gasteiger partial charge in [0.25, 0.3) is 5.56 Å². The van der Waals surface area contributed by atoms with Crippen molar-refractivity contribution in [2.24, 2.45) is 0 Å². The number of nitrogens with one attached hydrogen (secondary N) is 1. The molecule has 0 bridgehead atoms. The van der Waals surface area contributed by atoms with E-state index in [2.05, 4.69) is 5.32 Å². The fourth-order valence-corrected chi connectivity index (χ4v) is 2.49. The molecule has 0 fully saturated rings. The molecule has 110 valence electrons. The van der Waals surface area contributed by atoms with E-state index in [1.807, 2.05) is 39.8 Å². The van der Waals surface area contributed by atoms with E-state index in [9.17, 15) is 9.59 Å². The minimum atomic E-state index is -0.197. The summed E-state index contributed by atoms with van der Waals surface area (Å²) in [7, 11) is 0. The molecule has 0 aliphatic rings. The van der Waals surface area contributed by atoms with Crippen LogP contribution in [0.15, 0.2) is 35.3 Å². The fraction of sp³-hybridized carbons (Fsp3) is 0.294. The molecule has 0 aliphatic carbocycles. The lowest BCUT2D eigenvalue weighted by Crippen LogP contribution is -2.27. The Labute approximate surface area is 124 Å². The Morgan fingerprint density at radius 1 is 1.05 bits per heavy atom. The van der Waals surface area contributed by atoms with Crippen LogP contribution in [0.1, 0.15) is 22.3 Å². The maximum atomic E-state index is 12.2. The molecule has 1 N–H and O–H groups in total. The minimum Gasteiger partial charge on any atom is -0.324 e. The van der Waals surface area contributed by atoms with Gasteiger partial charge >= 0.3 is 0 Å². The molecule has 1 amide bonds. The summed E-state index contributed by atoms with van der Waals surface area (Å²) in [5.41, 5.74) is 4.82. The third kappa shape index (κ3) is 3.60. The van der Waals surface area contributed by atoms with Crippen LogP contribution in [0.2, 0.25) is 0 Å². The first kappa shape index (κ1) is 15.0. The maximum Gasteiger partial charge on any atom is 0.251 e. The number of carbonyl (C=O) groups excluding carboxylic acids is 1. The van der Waals surface area contributed by atoms with E-state index in [0.717, 1.165) is 27.9 Å². The normalized spacial score (nSPS) is 10.5. The van der Waals surface area contributed by atoms with Gasteiger partial charge < -0.3 is 9.88 Å². The predicted octanol–water partition coefficient (Wildman–Crippen LogP) is 2.72. The highest BCUT2D eigenvalue weighted by Gasteiger charge is 2.09. The van der Waals surface area contributed by atoms with E-state index >= 15 is 0 Å². The molecule has 4 heteroatoms. The number of aromatic nitrogens is 1. The van der Waals surface area contributed by atoms with Gasteiger partial charge in [-0.25, -0.2) is 0 Å². The smallest absolute Gasteiger partial charge is 0.251 e. The number of rotatable bonds is 3. The van der Waals surface area contributed by atoms with Crippen LogP contribution in [0.25, 0.3) is 0 Å². The van der Waals surface area contributed by atoms with Crippen LogP contribution in [0.3, 0.4) is 0 Å². The van der Waals surface area contributed by atoms with Crippen LogP contribution in [0.4, 0.5) is 5.69 Å². The van der Waals surface area contributed by atoms with Crippen LogP contribution in [-0.4, -0.2) is 10.5 Å². The van der Waals surface area contributed by atoms with Crippen molar-refractivity contribution in [3.63, 3.8) is 0 Å². The Morgan fingerprint density at radius 3 is 2.29 bits per heavy atom. The zero-order chi connectivity index (χ0) is 15.6. The molecule has 2 aromatic rings. The number of aryl methyl sites for hydroxylation is 4. The summed E-state index contributed by atoms with van der Waals surface area (Å²) in [6, 6.07) is 7.28. The van der Waals surface area contributed by atoms with Gasteiger partial charge in [-0.05, 0) is 44.4 Å². The average Bonchev–Trinajstić information content (AvgIpc) is 2.38. The van der Waals surface area contributed by atoms with Crippen LogP contribution in [0.5, 0.6) is 0 Å². The van der Waals surface area contributed by atoms with Crippen molar-refractivity contribution >= 4 is 11.6 Å². The topological polar surface area (TPSA) is 51.1 Å². The fourth-order valence-electron chi connectivity index (χ4n) is 2.49. The van der Waals surface area contributed by atoms with Gasteiger partial charge in [-0.2, -0.15) is 0 Å². The molecule has 0 spiro atoms. The molecule has 4 nitrogen and oxygen atoms in total. The zero-order valence-electron chi connectivity index (χ0n) is 12.9. The largest absolute Gasteiger partial charge is 0.324 e. The molecule has 0 unspecified atom stereocenters. The number of hydrogen-bond acceptors (Lipinski definition) is 2. The van der Waals surface area contributed by atoms with Crippen molar-refractivity contribution in [1.29, 1.82) is 0 Å². The number of benzene rings is 1. The molecule has 0 radical (unpaired) electrons. The summed E-state index contributed by atoms with van der Waals surface area (Å²) in [5, 5.41) is 2.90. The van der Waals surface area contributed by atoms with Crippen molar-refractivity contribution in [2.45, 2.75) is 34.2 Å². The predicted molar refractivity (Wildman–Crippen MR) is 84.7 cm³/mol. The van der Waals surface area contributed by atoms with Crippen molar-refractivity contribution < 1.29 is 4.79 Å². The highest BCUT2D eigenvalue weighted by atomic mass is 16.2. The van der Waals surface area contributed by atoms with Gasteiger partial charge in [-0.3, -0.25) is 9.59 Å². The Kier molecular flexibility index (Phi) is 4.26. The van der Waals surface area contributed by atoms with Gasteiger partial charge in [0, 0.05) is 18.0 Å². The van der Waals surface area contributed by atoms with E-state index in [4.69, 9.17) is 0 Å².